The minimum absolute atomic E-state index is 0.0506. The summed E-state index contributed by atoms with van der Waals surface area (Å²) in [6.07, 6.45) is 3.92. The van der Waals surface area contributed by atoms with Crippen LogP contribution in [0.4, 0.5) is 19.0 Å². The van der Waals surface area contributed by atoms with Crippen LogP contribution in [0, 0.1) is 12.7 Å². The van der Waals surface area contributed by atoms with Crippen LogP contribution in [-0.2, 0) is 15.3 Å². The number of carbonyl (C=O) groups is 1. The zero-order chi connectivity index (χ0) is 27.9. The molecule has 1 atom stereocenters. The molecule has 2 aromatic heterocycles. The molecule has 3 heterocycles. The smallest absolute Gasteiger partial charge is 0.288 e. The van der Waals surface area contributed by atoms with Gasteiger partial charge in [0.05, 0.1) is 29.9 Å². The molecule has 8 nitrogen and oxygen atoms in total. The van der Waals surface area contributed by atoms with Crippen LogP contribution in [0.1, 0.15) is 49.7 Å². The van der Waals surface area contributed by atoms with Crippen LogP contribution in [0.3, 0.4) is 0 Å². The Labute approximate surface area is 225 Å². The lowest BCUT2D eigenvalue weighted by Crippen LogP contribution is -2.40. The van der Waals surface area contributed by atoms with Crippen molar-refractivity contribution >= 4 is 35.2 Å². The topological polar surface area (TPSA) is 100 Å². The molecular formula is C27H32F3N6O2P. The lowest BCUT2D eigenvalue weighted by atomic mass is 9.99. The Morgan fingerprint density at radius 2 is 1.95 bits per heavy atom. The number of carbonyl (C=O) groups excluding carboxylic acids is 1. The number of nitrogens with one attached hydrogen (secondary N) is 2. The molecule has 1 aromatic carbocycles. The van der Waals surface area contributed by atoms with Gasteiger partial charge in [0.25, 0.3) is 5.92 Å². The summed E-state index contributed by atoms with van der Waals surface area (Å²) in [6, 6.07) is 5.09. The van der Waals surface area contributed by atoms with Crippen LogP contribution in [-0.4, -0.2) is 63.8 Å². The van der Waals surface area contributed by atoms with E-state index in [2.05, 4.69) is 25.6 Å². The van der Waals surface area contributed by atoms with Gasteiger partial charge in [-0.25, -0.2) is 14.4 Å². The highest BCUT2D eigenvalue weighted by molar-refractivity contribution is 7.71. The van der Waals surface area contributed by atoms with Crippen LogP contribution in [0.2, 0.25) is 0 Å². The van der Waals surface area contributed by atoms with Gasteiger partial charge in [-0.05, 0) is 32.8 Å². The first kappa shape index (κ1) is 27.5. The summed E-state index contributed by atoms with van der Waals surface area (Å²) >= 11 is 0. The maximum absolute atomic E-state index is 15.4. The van der Waals surface area contributed by atoms with Crippen molar-refractivity contribution in [3.8, 4) is 0 Å². The van der Waals surface area contributed by atoms with E-state index in [1.54, 1.807) is 31.0 Å². The van der Waals surface area contributed by atoms with E-state index in [9.17, 15) is 18.1 Å². The van der Waals surface area contributed by atoms with Gasteiger partial charge in [0.1, 0.15) is 30.0 Å². The molecule has 1 amide bonds. The van der Waals surface area contributed by atoms with Crippen molar-refractivity contribution in [3.63, 3.8) is 0 Å². The zero-order valence-electron chi connectivity index (χ0n) is 22.2. The molecule has 1 saturated carbocycles. The first-order valence-corrected chi connectivity index (χ1v) is 15.2. The Morgan fingerprint density at radius 1 is 1.23 bits per heavy atom. The molecule has 2 fully saturated rings. The van der Waals surface area contributed by atoms with Gasteiger partial charge in [-0.15, -0.1) is 0 Å². The Hall–Kier alpha value is -3.04. The largest absolute Gasteiger partial charge is 0.363 e. The fraction of sp³-hybridized carbons (Fsp3) is 0.481. The number of fused-ring (bicyclic) bond motifs is 1. The van der Waals surface area contributed by atoms with E-state index in [1.807, 2.05) is 0 Å². The van der Waals surface area contributed by atoms with E-state index in [0.717, 1.165) is 18.9 Å². The average Bonchev–Trinajstić information content (AvgIpc) is 3.72. The molecule has 0 bridgehead atoms. The lowest BCUT2D eigenvalue weighted by Gasteiger charge is -2.31. The van der Waals surface area contributed by atoms with Crippen LogP contribution in [0.25, 0.3) is 10.9 Å². The van der Waals surface area contributed by atoms with Gasteiger partial charge in [-0.3, -0.25) is 9.78 Å². The van der Waals surface area contributed by atoms with Crippen molar-refractivity contribution in [2.24, 2.45) is 0 Å². The standard InChI is InChI=1S/C27H32F3N6O2P/c1-16(20-5-4-6-22(25(20)28)27(29,30)15-32-19-7-8-19)33-26-21-13-24(31-14-23(21)34-17(2)35-26)39(38)11-9-36(10-12-39)18(3)37/h4-6,13-14,16,19,32H,7-12,15H2,1-3H3,(H,33,34,35)/t16-/m1/s1. The predicted molar refractivity (Wildman–Crippen MR) is 145 cm³/mol. The molecule has 0 radical (unpaired) electrons. The van der Waals surface area contributed by atoms with Gasteiger partial charge < -0.3 is 20.1 Å². The van der Waals surface area contributed by atoms with Crippen LogP contribution < -0.4 is 16.1 Å². The minimum Gasteiger partial charge on any atom is -0.363 e. The molecule has 1 aliphatic carbocycles. The second-order valence-corrected chi connectivity index (χ2v) is 13.6. The number of anilines is 1. The quantitative estimate of drug-likeness (QED) is 0.396. The van der Waals surface area contributed by atoms with Gasteiger partial charge in [-0.1, -0.05) is 18.2 Å². The van der Waals surface area contributed by atoms with Crippen LogP contribution in [0.5, 0.6) is 0 Å². The second-order valence-electron chi connectivity index (χ2n) is 10.5. The number of pyridine rings is 1. The molecule has 0 spiro atoms. The Morgan fingerprint density at radius 3 is 2.62 bits per heavy atom. The summed E-state index contributed by atoms with van der Waals surface area (Å²) < 4.78 is 58.9. The molecule has 39 heavy (non-hydrogen) atoms. The Balaban J connectivity index is 1.43. The molecule has 3 aromatic rings. The van der Waals surface area contributed by atoms with E-state index in [-0.39, 0.29) is 17.5 Å². The monoisotopic (exact) mass is 560 g/mol. The number of alkyl halides is 2. The third-order valence-electron chi connectivity index (χ3n) is 7.44. The molecule has 2 aliphatic rings. The predicted octanol–water partition coefficient (Wildman–Crippen LogP) is 4.34. The van der Waals surface area contributed by atoms with E-state index in [1.165, 1.54) is 19.1 Å². The van der Waals surface area contributed by atoms with E-state index >= 15 is 4.39 Å². The van der Waals surface area contributed by atoms with Crippen molar-refractivity contribution < 1.29 is 22.5 Å². The summed E-state index contributed by atoms with van der Waals surface area (Å²) in [6.45, 7) is 5.05. The van der Waals surface area contributed by atoms with Crippen molar-refractivity contribution in [2.45, 2.75) is 51.6 Å². The number of benzene rings is 1. The highest BCUT2D eigenvalue weighted by Gasteiger charge is 2.38. The molecule has 1 saturated heterocycles. The van der Waals surface area contributed by atoms with Gasteiger partial charge in [-0.2, -0.15) is 8.78 Å². The number of aryl methyl sites for hydroxylation is 1. The number of rotatable bonds is 8. The number of halogens is 3. The maximum atomic E-state index is 15.4. The van der Waals surface area contributed by atoms with Crippen molar-refractivity contribution in [1.82, 2.24) is 25.2 Å². The molecule has 0 unspecified atom stereocenters. The van der Waals surface area contributed by atoms with E-state index in [4.69, 9.17) is 0 Å². The third kappa shape index (κ3) is 5.79. The first-order valence-electron chi connectivity index (χ1n) is 13.1. The summed E-state index contributed by atoms with van der Waals surface area (Å²) in [7, 11) is -2.85. The van der Waals surface area contributed by atoms with Gasteiger partial charge in [0.15, 0.2) is 0 Å². The van der Waals surface area contributed by atoms with Crippen LogP contribution >= 0.6 is 7.14 Å². The third-order valence-corrected chi connectivity index (χ3v) is 10.4. The normalized spacial score (nSPS) is 18.3. The Kier molecular flexibility index (Phi) is 7.41. The summed E-state index contributed by atoms with van der Waals surface area (Å²) in [5.74, 6) is -3.55. The van der Waals surface area contributed by atoms with E-state index in [0.29, 0.717) is 53.4 Å². The van der Waals surface area contributed by atoms with Crippen molar-refractivity contribution in [1.29, 1.82) is 0 Å². The van der Waals surface area contributed by atoms with Gasteiger partial charge >= 0.3 is 0 Å². The summed E-state index contributed by atoms with van der Waals surface area (Å²) in [4.78, 5) is 26.7. The lowest BCUT2D eigenvalue weighted by molar-refractivity contribution is -0.128. The number of hydrogen-bond donors (Lipinski definition) is 2. The second kappa shape index (κ2) is 10.5. The highest BCUT2D eigenvalue weighted by atomic mass is 31.2. The van der Waals surface area contributed by atoms with Crippen LogP contribution in [0.15, 0.2) is 30.5 Å². The molecule has 208 valence electrons. The van der Waals surface area contributed by atoms with Gasteiger partial charge in [0.2, 0.25) is 5.91 Å². The SMILES string of the molecule is CC(=O)N1CCP(=O)(c2cc3c(N[C@H](C)c4cccc(C(F)(F)CNC5CC5)c4F)nc(C)nc3cn2)CC1. The number of amides is 1. The summed E-state index contributed by atoms with van der Waals surface area (Å²) in [5, 5.41) is 6.50. The Bertz CT molecular complexity index is 1450. The molecule has 12 heteroatoms. The first-order chi connectivity index (χ1) is 18.5. The van der Waals surface area contributed by atoms with E-state index < -0.39 is 37.0 Å². The fourth-order valence-electron chi connectivity index (χ4n) is 4.91. The summed E-state index contributed by atoms with van der Waals surface area (Å²) in [5.41, 5.74) is 0.382. The zero-order valence-corrected chi connectivity index (χ0v) is 23.1. The maximum Gasteiger partial charge on any atom is 0.288 e. The minimum atomic E-state index is -3.36. The molecule has 2 N–H and O–H groups in total. The van der Waals surface area contributed by atoms with Gasteiger partial charge in [0, 0.05) is 49.3 Å². The highest BCUT2D eigenvalue weighted by Crippen LogP contribution is 2.46. The van der Waals surface area contributed by atoms with Crippen molar-refractivity contribution in [2.75, 3.05) is 37.3 Å². The number of aromatic nitrogens is 3. The average molecular weight is 561 g/mol. The van der Waals surface area contributed by atoms with Crippen molar-refractivity contribution in [3.05, 3.63) is 53.2 Å². The number of nitrogens with zero attached hydrogens (tertiary/aromatic N) is 4. The fourth-order valence-corrected chi connectivity index (χ4v) is 7.35. The molecule has 1 aliphatic heterocycles. The number of hydrogen-bond acceptors (Lipinski definition) is 7. The molecular weight excluding hydrogens is 528 g/mol. The molecule has 5 rings (SSSR count).